The van der Waals surface area contributed by atoms with E-state index in [-0.39, 0.29) is 16.7 Å². The fourth-order valence-electron chi connectivity index (χ4n) is 3.66. The van der Waals surface area contributed by atoms with Crippen LogP contribution in [0.25, 0.3) is 0 Å². The van der Waals surface area contributed by atoms with Crippen LogP contribution in [0, 0.1) is 0 Å². The Bertz CT molecular complexity index is 1160. The maximum absolute atomic E-state index is 12.7. The number of benzene rings is 3. The van der Waals surface area contributed by atoms with Gasteiger partial charge in [0.1, 0.15) is 0 Å². The van der Waals surface area contributed by atoms with E-state index in [0.717, 1.165) is 11.1 Å². The molecule has 0 aliphatic rings. The fraction of sp³-hybridized carbons (Fsp3) is 0.231. The molecule has 1 atom stereocenters. The molecule has 34 heavy (non-hydrogen) atoms. The summed E-state index contributed by atoms with van der Waals surface area (Å²) >= 11 is 0. The van der Waals surface area contributed by atoms with Gasteiger partial charge in [-0.1, -0.05) is 60.7 Å². The van der Waals surface area contributed by atoms with Gasteiger partial charge in [-0.2, -0.15) is 4.72 Å². The number of sulfonamides is 1. The van der Waals surface area contributed by atoms with E-state index >= 15 is 0 Å². The summed E-state index contributed by atoms with van der Waals surface area (Å²) in [7, 11) is -3.90. The first-order chi connectivity index (χ1) is 16.3. The van der Waals surface area contributed by atoms with Gasteiger partial charge < -0.3 is 10.6 Å². The largest absolute Gasteiger partial charge is 0.355 e. The van der Waals surface area contributed by atoms with Crippen LogP contribution in [0.15, 0.2) is 89.8 Å². The van der Waals surface area contributed by atoms with Crippen molar-refractivity contribution >= 4 is 27.5 Å². The molecule has 2 amide bonds. The highest BCUT2D eigenvalue weighted by atomic mass is 32.2. The van der Waals surface area contributed by atoms with Crippen LogP contribution in [-0.2, 0) is 19.6 Å². The maximum atomic E-state index is 12.7. The summed E-state index contributed by atoms with van der Waals surface area (Å²) in [6, 6.07) is 24.9. The second-order valence-electron chi connectivity index (χ2n) is 8.00. The third kappa shape index (κ3) is 7.00. The summed E-state index contributed by atoms with van der Waals surface area (Å²) in [5.74, 6) is -0.545. The Morgan fingerprint density at radius 1 is 0.824 bits per heavy atom. The molecule has 0 spiro atoms. The first-order valence-electron chi connectivity index (χ1n) is 11.0. The first-order valence-corrected chi connectivity index (χ1v) is 12.5. The molecule has 3 aromatic rings. The van der Waals surface area contributed by atoms with Gasteiger partial charge >= 0.3 is 0 Å². The second kappa shape index (κ2) is 11.6. The molecule has 0 radical (unpaired) electrons. The minimum Gasteiger partial charge on any atom is -0.355 e. The molecule has 3 rings (SSSR count). The standard InChI is InChI=1S/C26H29N3O4S/c1-19(29-34(32,33)24-15-13-23(14-16-24)28-20(2)30)26(31)27-18-17-25(21-9-5-3-6-10-21)22-11-7-4-8-12-22/h3-16,19,25,29H,17-18H2,1-2H3,(H,27,31)(H,28,30)/t19-/m1/s1. The van der Waals surface area contributed by atoms with Crippen molar-refractivity contribution in [2.75, 3.05) is 11.9 Å². The lowest BCUT2D eigenvalue weighted by Gasteiger charge is -2.20. The second-order valence-corrected chi connectivity index (χ2v) is 9.72. The molecular weight excluding hydrogens is 450 g/mol. The molecule has 0 unspecified atom stereocenters. The Morgan fingerprint density at radius 2 is 1.35 bits per heavy atom. The first kappa shape index (κ1) is 25.1. The van der Waals surface area contributed by atoms with Crippen LogP contribution in [0.1, 0.15) is 37.3 Å². The molecule has 3 aromatic carbocycles. The molecule has 0 bridgehead atoms. The van der Waals surface area contributed by atoms with Crippen LogP contribution < -0.4 is 15.4 Å². The highest BCUT2D eigenvalue weighted by Gasteiger charge is 2.22. The summed E-state index contributed by atoms with van der Waals surface area (Å²) in [5, 5.41) is 5.42. The zero-order valence-corrected chi connectivity index (χ0v) is 20.0. The van der Waals surface area contributed by atoms with E-state index in [2.05, 4.69) is 39.6 Å². The molecule has 178 valence electrons. The van der Waals surface area contributed by atoms with Gasteiger partial charge in [0.25, 0.3) is 0 Å². The number of hydrogen-bond acceptors (Lipinski definition) is 4. The predicted octanol–water partition coefficient (Wildman–Crippen LogP) is 3.65. The average molecular weight is 480 g/mol. The molecule has 0 heterocycles. The van der Waals surface area contributed by atoms with Crippen molar-refractivity contribution in [2.24, 2.45) is 0 Å². The number of amides is 2. The molecular formula is C26H29N3O4S. The Kier molecular flexibility index (Phi) is 8.56. The van der Waals surface area contributed by atoms with E-state index in [0.29, 0.717) is 18.7 Å². The van der Waals surface area contributed by atoms with Crippen molar-refractivity contribution in [3.8, 4) is 0 Å². The van der Waals surface area contributed by atoms with Gasteiger partial charge in [-0.25, -0.2) is 8.42 Å². The Hall–Kier alpha value is -3.49. The van der Waals surface area contributed by atoms with Gasteiger partial charge in [-0.15, -0.1) is 0 Å². The highest BCUT2D eigenvalue weighted by molar-refractivity contribution is 7.89. The third-order valence-corrected chi connectivity index (χ3v) is 6.90. The third-order valence-electron chi connectivity index (χ3n) is 5.35. The average Bonchev–Trinajstić information content (AvgIpc) is 2.82. The van der Waals surface area contributed by atoms with Crippen molar-refractivity contribution in [1.29, 1.82) is 0 Å². The number of anilines is 1. The van der Waals surface area contributed by atoms with Gasteiger partial charge in [0.05, 0.1) is 10.9 Å². The van der Waals surface area contributed by atoms with Crippen molar-refractivity contribution in [1.82, 2.24) is 10.0 Å². The lowest BCUT2D eigenvalue weighted by molar-refractivity contribution is -0.122. The van der Waals surface area contributed by atoms with E-state index in [4.69, 9.17) is 0 Å². The molecule has 3 N–H and O–H groups in total. The zero-order valence-electron chi connectivity index (χ0n) is 19.2. The van der Waals surface area contributed by atoms with E-state index < -0.39 is 22.0 Å². The van der Waals surface area contributed by atoms with E-state index in [1.54, 1.807) is 0 Å². The lowest BCUT2D eigenvalue weighted by Crippen LogP contribution is -2.45. The summed E-state index contributed by atoms with van der Waals surface area (Å²) in [5.41, 5.74) is 2.79. The minimum atomic E-state index is -3.90. The minimum absolute atomic E-state index is 0.00877. The van der Waals surface area contributed by atoms with Crippen LogP contribution in [0.4, 0.5) is 5.69 Å². The highest BCUT2D eigenvalue weighted by Crippen LogP contribution is 2.27. The number of carbonyl (C=O) groups excluding carboxylic acids is 2. The summed E-state index contributed by atoms with van der Waals surface area (Å²) in [6.45, 7) is 3.27. The monoisotopic (exact) mass is 479 g/mol. The van der Waals surface area contributed by atoms with Crippen LogP contribution in [0.2, 0.25) is 0 Å². The molecule has 0 aliphatic carbocycles. The molecule has 0 fully saturated rings. The van der Waals surface area contributed by atoms with Gasteiger partial charge in [-0.05, 0) is 48.7 Å². The Labute approximate surface area is 200 Å². The Balaban J connectivity index is 1.59. The summed E-state index contributed by atoms with van der Waals surface area (Å²) in [6.07, 6.45) is 0.670. The molecule has 0 aromatic heterocycles. The van der Waals surface area contributed by atoms with Crippen LogP contribution in [0.5, 0.6) is 0 Å². The number of hydrogen-bond donors (Lipinski definition) is 3. The maximum Gasteiger partial charge on any atom is 0.241 e. The van der Waals surface area contributed by atoms with Gasteiger partial charge in [0, 0.05) is 25.1 Å². The zero-order chi connectivity index (χ0) is 24.6. The van der Waals surface area contributed by atoms with Gasteiger partial charge in [0.2, 0.25) is 21.8 Å². The summed E-state index contributed by atoms with van der Waals surface area (Å²) in [4.78, 5) is 23.7. The van der Waals surface area contributed by atoms with Crippen molar-refractivity contribution in [3.05, 3.63) is 96.1 Å². The van der Waals surface area contributed by atoms with Crippen molar-refractivity contribution < 1.29 is 18.0 Å². The van der Waals surface area contributed by atoms with Crippen LogP contribution in [-0.4, -0.2) is 32.8 Å². The number of carbonyl (C=O) groups is 2. The number of rotatable bonds is 10. The normalized spacial score (nSPS) is 12.2. The lowest BCUT2D eigenvalue weighted by atomic mass is 9.88. The molecule has 0 saturated heterocycles. The topological polar surface area (TPSA) is 104 Å². The summed E-state index contributed by atoms with van der Waals surface area (Å²) < 4.78 is 27.7. The smallest absolute Gasteiger partial charge is 0.241 e. The van der Waals surface area contributed by atoms with E-state index in [1.807, 2.05) is 36.4 Å². The van der Waals surface area contributed by atoms with Crippen LogP contribution in [0.3, 0.4) is 0 Å². The van der Waals surface area contributed by atoms with Gasteiger partial charge in [0.15, 0.2) is 0 Å². The molecule has 8 heteroatoms. The van der Waals surface area contributed by atoms with Crippen LogP contribution >= 0.6 is 0 Å². The Morgan fingerprint density at radius 3 is 1.85 bits per heavy atom. The predicted molar refractivity (Wildman–Crippen MR) is 133 cm³/mol. The molecule has 0 aliphatic heterocycles. The van der Waals surface area contributed by atoms with Gasteiger partial charge in [-0.3, -0.25) is 9.59 Å². The van der Waals surface area contributed by atoms with E-state index in [1.165, 1.54) is 38.1 Å². The molecule has 7 nitrogen and oxygen atoms in total. The molecule has 0 saturated carbocycles. The van der Waals surface area contributed by atoms with Crippen molar-refractivity contribution in [2.45, 2.75) is 37.1 Å². The number of nitrogens with one attached hydrogen (secondary N) is 3. The van der Waals surface area contributed by atoms with Crippen molar-refractivity contribution in [3.63, 3.8) is 0 Å². The quantitative estimate of drug-likeness (QED) is 0.413. The fourth-order valence-corrected chi connectivity index (χ4v) is 4.87. The van der Waals surface area contributed by atoms with E-state index in [9.17, 15) is 18.0 Å². The SMILES string of the molecule is CC(=O)Nc1ccc(S(=O)(=O)N[C@H](C)C(=O)NCCC(c2ccccc2)c2ccccc2)cc1.